The minimum Gasteiger partial charge on any atom is -0.386 e. The largest absolute Gasteiger partial charge is 0.386 e. The summed E-state index contributed by atoms with van der Waals surface area (Å²) < 4.78 is 12.9. The van der Waals surface area contributed by atoms with Crippen molar-refractivity contribution in [3.63, 3.8) is 0 Å². The molecule has 2 spiro atoms. The van der Waals surface area contributed by atoms with Gasteiger partial charge in [-0.05, 0) is 37.8 Å². The van der Waals surface area contributed by atoms with Crippen LogP contribution in [-0.4, -0.2) is 48.2 Å². The maximum atomic E-state index is 11.0. The highest BCUT2D eigenvalue weighted by Gasteiger charge is 2.73. The van der Waals surface area contributed by atoms with Gasteiger partial charge in [-0.15, -0.1) is 0 Å². The number of rotatable bonds is 0. The fourth-order valence-corrected chi connectivity index (χ4v) is 6.80. The van der Waals surface area contributed by atoms with Crippen LogP contribution in [0.5, 0.6) is 0 Å². The van der Waals surface area contributed by atoms with Crippen molar-refractivity contribution < 1.29 is 14.6 Å². The van der Waals surface area contributed by atoms with Crippen LogP contribution in [0, 0.1) is 11.3 Å². The third-order valence-electron chi connectivity index (χ3n) is 7.49. The van der Waals surface area contributed by atoms with Gasteiger partial charge in [0.25, 0.3) is 0 Å². The standard InChI is InChI=1S/C18H23NO3/c20-14-4-2-11-12-9-10-1-3-13-16-15(10)17(11,5-7-19-12)18(14,22-16)6-8-21-13/h2,4,11-14,16,19-20H,1,3,5-9H2/t11-,12+,13?,14-,16?,17-,18-/m0/s1. The van der Waals surface area contributed by atoms with Gasteiger partial charge in [0.15, 0.2) is 0 Å². The van der Waals surface area contributed by atoms with Crippen LogP contribution in [0.25, 0.3) is 0 Å². The number of aliphatic hydroxyl groups is 1. The lowest BCUT2D eigenvalue weighted by Crippen LogP contribution is -2.67. The van der Waals surface area contributed by atoms with Gasteiger partial charge in [0.1, 0.15) is 17.8 Å². The lowest BCUT2D eigenvalue weighted by Gasteiger charge is -2.60. The van der Waals surface area contributed by atoms with Gasteiger partial charge in [-0.25, -0.2) is 0 Å². The summed E-state index contributed by atoms with van der Waals surface area (Å²) in [6, 6.07) is 0.523. The van der Waals surface area contributed by atoms with Crippen LogP contribution in [0.2, 0.25) is 0 Å². The smallest absolute Gasteiger partial charge is 0.111 e. The average Bonchev–Trinajstić information content (AvgIpc) is 2.68. The van der Waals surface area contributed by atoms with Crippen molar-refractivity contribution >= 4 is 0 Å². The topological polar surface area (TPSA) is 50.7 Å². The molecule has 6 aliphatic rings. The first-order valence-corrected chi connectivity index (χ1v) is 8.88. The molecular weight excluding hydrogens is 278 g/mol. The van der Waals surface area contributed by atoms with Crippen LogP contribution in [0.1, 0.15) is 32.1 Å². The van der Waals surface area contributed by atoms with Gasteiger partial charge >= 0.3 is 0 Å². The van der Waals surface area contributed by atoms with Crippen LogP contribution in [0.4, 0.5) is 0 Å². The number of nitrogens with one attached hydrogen (secondary N) is 1. The molecule has 0 aromatic heterocycles. The molecule has 3 aliphatic heterocycles. The zero-order valence-electron chi connectivity index (χ0n) is 12.8. The van der Waals surface area contributed by atoms with E-state index < -0.39 is 11.7 Å². The molecule has 2 unspecified atom stereocenters. The molecule has 6 rings (SSSR count). The second kappa shape index (κ2) is 3.86. The fourth-order valence-electron chi connectivity index (χ4n) is 6.80. The monoisotopic (exact) mass is 301 g/mol. The molecule has 0 radical (unpaired) electrons. The Bertz CT molecular complexity index is 613. The number of ether oxygens (including phenoxy) is 2. The predicted molar refractivity (Wildman–Crippen MR) is 80.3 cm³/mol. The number of piperidine rings is 1. The highest BCUT2D eigenvalue weighted by Crippen LogP contribution is 2.69. The Morgan fingerprint density at radius 3 is 3.18 bits per heavy atom. The molecule has 118 valence electrons. The minimum atomic E-state index is -0.498. The molecular formula is C18H23NO3. The molecule has 3 saturated heterocycles. The molecule has 0 amide bonds. The number of hydrogen-bond acceptors (Lipinski definition) is 4. The number of hydrogen-bond donors (Lipinski definition) is 2. The highest BCUT2D eigenvalue weighted by atomic mass is 16.6. The fraction of sp³-hybridized carbons (Fsp3) is 0.778. The van der Waals surface area contributed by atoms with Crippen LogP contribution in [0.15, 0.2) is 23.3 Å². The molecule has 0 aromatic carbocycles. The quantitative estimate of drug-likeness (QED) is 0.662. The van der Waals surface area contributed by atoms with Gasteiger partial charge in [-0.3, -0.25) is 0 Å². The molecule has 4 bridgehead atoms. The van der Waals surface area contributed by atoms with Crippen LogP contribution < -0.4 is 5.32 Å². The van der Waals surface area contributed by atoms with Crippen LogP contribution >= 0.6 is 0 Å². The first-order valence-electron chi connectivity index (χ1n) is 8.88. The molecule has 22 heavy (non-hydrogen) atoms. The van der Waals surface area contributed by atoms with E-state index >= 15 is 0 Å². The summed E-state index contributed by atoms with van der Waals surface area (Å²) in [7, 11) is 0. The molecule has 0 saturated carbocycles. The summed E-state index contributed by atoms with van der Waals surface area (Å²) in [5.74, 6) is 0.477. The van der Waals surface area contributed by atoms with Crippen molar-refractivity contribution in [3.05, 3.63) is 23.3 Å². The van der Waals surface area contributed by atoms with Crippen molar-refractivity contribution in [1.29, 1.82) is 0 Å². The Hall–Kier alpha value is -0.680. The Balaban J connectivity index is 1.69. The van der Waals surface area contributed by atoms with Crippen molar-refractivity contribution in [2.75, 3.05) is 13.2 Å². The van der Waals surface area contributed by atoms with E-state index in [1.54, 1.807) is 11.1 Å². The van der Waals surface area contributed by atoms with E-state index in [1.165, 1.54) is 0 Å². The van der Waals surface area contributed by atoms with Crippen molar-refractivity contribution in [2.45, 2.75) is 62.1 Å². The minimum absolute atomic E-state index is 0.0256. The van der Waals surface area contributed by atoms with Gasteiger partial charge in [0, 0.05) is 30.4 Å². The molecule has 3 aliphatic carbocycles. The molecule has 2 N–H and O–H groups in total. The third-order valence-corrected chi connectivity index (χ3v) is 7.49. The molecule has 4 heteroatoms. The second-order valence-corrected chi connectivity index (χ2v) is 7.98. The Labute approximate surface area is 130 Å². The van der Waals surface area contributed by atoms with E-state index in [0.29, 0.717) is 12.0 Å². The predicted octanol–water partition coefficient (Wildman–Crippen LogP) is 1.30. The normalized spacial score (nSPS) is 57.8. The van der Waals surface area contributed by atoms with Crippen LogP contribution in [-0.2, 0) is 9.47 Å². The van der Waals surface area contributed by atoms with Crippen molar-refractivity contribution in [2.24, 2.45) is 11.3 Å². The lowest BCUT2D eigenvalue weighted by atomic mass is 9.47. The van der Waals surface area contributed by atoms with Crippen molar-refractivity contribution in [3.8, 4) is 0 Å². The zero-order valence-corrected chi connectivity index (χ0v) is 12.8. The average molecular weight is 301 g/mol. The summed E-state index contributed by atoms with van der Waals surface area (Å²) in [5.41, 5.74) is 2.74. The maximum absolute atomic E-state index is 11.0. The summed E-state index contributed by atoms with van der Waals surface area (Å²) in [6.45, 7) is 1.77. The molecule has 3 heterocycles. The summed E-state index contributed by atoms with van der Waals surface area (Å²) in [4.78, 5) is 0. The second-order valence-electron chi connectivity index (χ2n) is 7.98. The SMILES string of the molecule is O[C@H]1C=C[C@H]2[C@H]3CC4=C5C6O[C@]1(CCOC6CC4)[C@]52CCN3. The van der Waals surface area contributed by atoms with Crippen LogP contribution in [0.3, 0.4) is 0 Å². The lowest BCUT2D eigenvalue weighted by molar-refractivity contribution is -0.169. The van der Waals surface area contributed by atoms with Gasteiger partial charge in [0.2, 0.25) is 0 Å². The third kappa shape index (κ3) is 1.14. The molecule has 0 aromatic rings. The molecule has 4 nitrogen and oxygen atoms in total. The van der Waals surface area contributed by atoms with Crippen molar-refractivity contribution in [1.82, 2.24) is 5.32 Å². The van der Waals surface area contributed by atoms with Gasteiger partial charge in [-0.2, -0.15) is 0 Å². The first-order chi connectivity index (χ1) is 10.8. The molecule has 7 atom stereocenters. The molecule has 3 fully saturated rings. The summed E-state index contributed by atoms with van der Waals surface area (Å²) >= 11 is 0. The van der Waals surface area contributed by atoms with E-state index in [4.69, 9.17) is 9.47 Å². The Morgan fingerprint density at radius 2 is 2.23 bits per heavy atom. The zero-order chi connectivity index (χ0) is 14.5. The van der Waals surface area contributed by atoms with E-state index in [2.05, 4.69) is 11.4 Å². The number of aliphatic hydroxyl groups excluding tert-OH is 1. The van der Waals surface area contributed by atoms with E-state index in [0.717, 1.165) is 45.3 Å². The van der Waals surface area contributed by atoms with E-state index in [9.17, 15) is 5.11 Å². The Morgan fingerprint density at radius 1 is 1.27 bits per heavy atom. The first kappa shape index (κ1) is 12.7. The highest BCUT2D eigenvalue weighted by molar-refractivity contribution is 5.48. The Kier molecular flexibility index (Phi) is 2.23. The van der Waals surface area contributed by atoms with Gasteiger partial charge in [-0.1, -0.05) is 17.7 Å². The maximum Gasteiger partial charge on any atom is 0.111 e. The van der Waals surface area contributed by atoms with Gasteiger partial charge in [0.05, 0.1) is 6.10 Å². The summed E-state index contributed by atoms with van der Waals surface area (Å²) in [5, 5.41) is 14.7. The summed E-state index contributed by atoms with van der Waals surface area (Å²) in [6.07, 6.45) is 9.42. The van der Waals surface area contributed by atoms with E-state index in [1.807, 2.05) is 6.08 Å². The van der Waals surface area contributed by atoms with Gasteiger partial charge < -0.3 is 19.9 Å². The van der Waals surface area contributed by atoms with E-state index in [-0.39, 0.29) is 17.6 Å².